The number of rotatable bonds is 4. The largest absolute Gasteiger partial charge is 0.497 e. The van der Waals surface area contributed by atoms with Crippen molar-refractivity contribution in [1.29, 1.82) is 0 Å². The summed E-state index contributed by atoms with van der Waals surface area (Å²) in [6, 6.07) is 17.9. The van der Waals surface area contributed by atoms with E-state index in [2.05, 4.69) is 0 Å². The van der Waals surface area contributed by atoms with E-state index in [0.29, 0.717) is 0 Å². The number of ether oxygens (including phenoxy) is 1. The van der Waals surface area contributed by atoms with Gasteiger partial charge in [-0.2, -0.15) is 0 Å². The Balaban J connectivity index is 1.84. The fourth-order valence-electron chi connectivity index (χ4n) is 3.29. The van der Waals surface area contributed by atoms with E-state index in [1.54, 1.807) is 7.11 Å². The highest BCUT2D eigenvalue weighted by molar-refractivity contribution is 6.05. The van der Waals surface area contributed by atoms with Gasteiger partial charge in [-0.05, 0) is 49.6 Å². The van der Waals surface area contributed by atoms with Crippen molar-refractivity contribution < 1.29 is 9.53 Å². The summed E-state index contributed by atoms with van der Waals surface area (Å²) in [5.41, 5.74) is 2.57. The molecule has 0 unspecified atom stereocenters. The van der Waals surface area contributed by atoms with E-state index in [0.717, 1.165) is 35.4 Å². The number of methoxy groups -OCH3 is 1. The van der Waals surface area contributed by atoms with Gasteiger partial charge in [0, 0.05) is 24.5 Å². The highest BCUT2D eigenvalue weighted by Gasteiger charge is 2.42. The maximum Gasteiger partial charge on any atom is 0.170 e. The number of ketones is 1. The predicted molar refractivity (Wildman–Crippen MR) is 97.5 cm³/mol. The van der Waals surface area contributed by atoms with Crippen molar-refractivity contribution in [3.05, 3.63) is 71.9 Å². The third kappa shape index (κ3) is 2.94. The van der Waals surface area contributed by atoms with Crippen LogP contribution in [0.4, 0.5) is 5.69 Å². The Morgan fingerprint density at radius 3 is 2.38 bits per heavy atom. The first-order chi connectivity index (χ1) is 11.5. The van der Waals surface area contributed by atoms with Crippen molar-refractivity contribution in [2.45, 2.75) is 25.2 Å². The Bertz CT molecular complexity index is 749. The van der Waals surface area contributed by atoms with Gasteiger partial charge in [-0.1, -0.05) is 30.3 Å². The van der Waals surface area contributed by atoms with Crippen molar-refractivity contribution in [2.75, 3.05) is 19.1 Å². The number of carbonyl (C=O) groups is 1. The van der Waals surface area contributed by atoms with Crippen molar-refractivity contribution >= 4 is 11.5 Å². The molecule has 3 heteroatoms. The number of benzene rings is 2. The van der Waals surface area contributed by atoms with Crippen LogP contribution in [-0.2, 0) is 10.2 Å². The monoisotopic (exact) mass is 321 g/mol. The SMILES string of the molecule is COc1ccc([C@]2(C)CC/C(=C\N(C)c3ccccc3)C2=O)cc1. The normalized spacial score (nSPS) is 22.0. The van der Waals surface area contributed by atoms with Crippen LogP contribution in [0.5, 0.6) is 5.75 Å². The van der Waals surface area contributed by atoms with Crippen molar-refractivity contribution in [1.82, 2.24) is 0 Å². The number of allylic oxidation sites excluding steroid dienone is 1. The Morgan fingerprint density at radius 2 is 1.75 bits per heavy atom. The molecule has 1 fully saturated rings. The number of nitrogens with zero attached hydrogens (tertiary/aromatic N) is 1. The molecule has 3 nitrogen and oxygen atoms in total. The molecule has 1 aliphatic rings. The van der Waals surface area contributed by atoms with Crippen molar-refractivity contribution in [3.8, 4) is 5.75 Å². The van der Waals surface area contributed by atoms with Crippen molar-refractivity contribution in [2.24, 2.45) is 0 Å². The van der Waals surface area contributed by atoms with Crippen LogP contribution in [0.1, 0.15) is 25.3 Å². The number of anilines is 1. The van der Waals surface area contributed by atoms with Crippen LogP contribution in [0.3, 0.4) is 0 Å². The van der Waals surface area contributed by atoms with Crippen molar-refractivity contribution in [3.63, 3.8) is 0 Å². The standard InChI is InChI=1S/C21H23NO2/c1-21(17-9-11-19(24-3)12-10-17)14-13-16(20(21)23)15-22(2)18-7-5-4-6-8-18/h4-12,15H,13-14H2,1-3H3/b16-15+/t21-/m0/s1. The molecule has 0 bridgehead atoms. The minimum absolute atomic E-state index is 0.218. The van der Waals surface area contributed by atoms with Gasteiger partial charge in [0.15, 0.2) is 5.78 Å². The van der Waals surface area contributed by atoms with E-state index >= 15 is 0 Å². The molecule has 0 radical (unpaired) electrons. The molecular weight excluding hydrogens is 298 g/mol. The average Bonchev–Trinajstić information content (AvgIpc) is 2.92. The molecule has 2 aromatic carbocycles. The molecule has 1 atom stereocenters. The van der Waals surface area contributed by atoms with E-state index in [9.17, 15) is 4.79 Å². The summed E-state index contributed by atoms with van der Waals surface area (Å²) in [7, 11) is 3.64. The maximum atomic E-state index is 13.0. The molecule has 124 valence electrons. The lowest BCUT2D eigenvalue weighted by Gasteiger charge is -2.22. The molecule has 0 spiro atoms. The fourth-order valence-corrected chi connectivity index (χ4v) is 3.29. The molecule has 0 N–H and O–H groups in total. The smallest absolute Gasteiger partial charge is 0.170 e. The zero-order valence-corrected chi connectivity index (χ0v) is 14.5. The van der Waals surface area contributed by atoms with Crippen LogP contribution in [0, 0.1) is 0 Å². The predicted octanol–water partition coefficient (Wildman–Crippen LogP) is 4.34. The molecule has 0 aromatic heterocycles. The molecule has 2 aromatic rings. The van der Waals surface area contributed by atoms with Gasteiger partial charge in [0.25, 0.3) is 0 Å². The Morgan fingerprint density at radius 1 is 1.08 bits per heavy atom. The number of hydrogen-bond donors (Lipinski definition) is 0. The minimum Gasteiger partial charge on any atom is -0.497 e. The second kappa shape index (κ2) is 6.52. The Kier molecular flexibility index (Phi) is 4.43. The average molecular weight is 321 g/mol. The summed E-state index contributed by atoms with van der Waals surface area (Å²) in [4.78, 5) is 15.0. The molecule has 0 amide bonds. The van der Waals surface area contributed by atoms with E-state index in [1.807, 2.05) is 79.7 Å². The van der Waals surface area contributed by atoms with Crippen LogP contribution in [0.15, 0.2) is 66.4 Å². The summed E-state index contributed by atoms with van der Waals surface area (Å²) >= 11 is 0. The van der Waals surface area contributed by atoms with Gasteiger partial charge in [-0.15, -0.1) is 0 Å². The van der Waals surface area contributed by atoms with Gasteiger partial charge in [-0.25, -0.2) is 0 Å². The maximum absolute atomic E-state index is 13.0. The lowest BCUT2D eigenvalue weighted by molar-refractivity contribution is -0.118. The third-order valence-corrected chi connectivity index (χ3v) is 4.93. The number of para-hydroxylation sites is 1. The molecule has 3 rings (SSSR count). The second-order valence-corrected chi connectivity index (χ2v) is 6.49. The van der Waals surface area contributed by atoms with E-state index < -0.39 is 5.41 Å². The van der Waals surface area contributed by atoms with Gasteiger partial charge in [0.2, 0.25) is 0 Å². The van der Waals surface area contributed by atoms with Crippen LogP contribution in [0.25, 0.3) is 0 Å². The second-order valence-electron chi connectivity index (χ2n) is 6.49. The van der Waals surface area contributed by atoms with Crippen LogP contribution >= 0.6 is 0 Å². The first-order valence-corrected chi connectivity index (χ1v) is 8.22. The first kappa shape index (κ1) is 16.3. The number of carbonyl (C=O) groups excluding carboxylic acids is 1. The van der Waals surface area contributed by atoms with Crippen LogP contribution in [0.2, 0.25) is 0 Å². The topological polar surface area (TPSA) is 29.5 Å². The van der Waals surface area contributed by atoms with Gasteiger partial charge in [0.05, 0.1) is 12.5 Å². The summed E-state index contributed by atoms with van der Waals surface area (Å²) < 4.78 is 5.21. The summed E-state index contributed by atoms with van der Waals surface area (Å²) in [5.74, 6) is 1.03. The summed E-state index contributed by atoms with van der Waals surface area (Å²) in [6.07, 6.45) is 3.62. The van der Waals surface area contributed by atoms with Crippen LogP contribution in [-0.4, -0.2) is 19.9 Å². The molecular formula is C21H23NO2. The lowest BCUT2D eigenvalue weighted by atomic mass is 9.80. The van der Waals surface area contributed by atoms with Crippen LogP contribution < -0.4 is 9.64 Å². The molecule has 24 heavy (non-hydrogen) atoms. The molecule has 0 heterocycles. The highest BCUT2D eigenvalue weighted by Crippen LogP contribution is 2.41. The van der Waals surface area contributed by atoms with Gasteiger partial charge in [-0.3, -0.25) is 4.79 Å². The van der Waals surface area contributed by atoms with E-state index in [4.69, 9.17) is 4.74 Å². The third-order valence-electron chi connectivity index (χ3n) is 4.93. The highest BCUT2D eigenvalue weighted by atomic mass is 16.5. The quantitative estimate of drug-likeness (QED) is 0.785. The first-order valence-electron chi connectivity index (χ1n) is 8.22. The molecule has 0 aliphatic heterocycles. The van der Waals surface area contributed by atoms with Gasteiger partial charge < -0.3 is 9.64 Å². The number of Topliss-reactive ketones (excluding diaryl/α,β-unsaturated/α-hetero) is 1. The number of hydrogen-bond acceptors (Lipinski definition) is 3. The molecule has 1 saturated carbocycles. The van der Waals surface area contributed by atoms with E-state index in [-0.39, 0.29) is 5.78 Å². The van der Waals surface area contributed by atoms with Gasteiger partial charge >= 0.3 is 0 Å². The van der Waals surface area contributed by atoms with E-state index in [1.165, 1.54) is 0 Å². The summed E-state index contributed by atoms with van der Waals surface area (Å²) in [6.45, 7) is 2.04. The zero-order valence-electron chi connectivity index (χ0n) is 14.5. The summed E-state index contributed by atoms with van der Waals surface area (Å²) in [5, 5.41) is 0. The zero-order chi connectivity index (χ0) is 17.2. The molecule has 1 aliphatic carbocycles. The molecule has 0 saturated heterocycles. The minimum atomic E-state index is -0.449. The fraction of sp³-hybridized carbons (Fsp3) is 0.286. The lowest BCUT2D eigenvalue weighted by Crippen LogP contribution is -2.27. The Hall–Kier alpha value is -2.55. The van der Waals surface area contributed by atoms with Gasteiger partial charge in [0.1, 0.15) is 5.75 Å². The Labute approximate surface area is 143 Å².